The second kappa shape index (κ2) is 7.27. The van der Waals surface area contributed by atoms with Gasteiger partial charge in [-0.3, -0.25) is 4.79 Å². The van der Waals surface area contributed by atoms with Gasteiger partial charge in [0.15, 0.2) is 5.78 Å². The average Bonchev–Trinajstić information content (AvgIpc) is 2.48. The average molecular weight is 349 g/mol. The van der Waals surface area contributed by atoms with Crippen LogP contribution in [0.4, 0.5) is 0 Å². The van der Waals surface area contributed by atoms with E-state index in [1.165, 1.54) is 0 Å². The van der Waals surface area contributed by atoms with E-state index in [-0.39, 0.29) is 5.78 Å². The van der Waals surface area contributed by atoms with Crippen LogP contribution < -0.4 is 9.47 Å². The first-order chi connectivity index (χ1) is 10.1. The first-order valence-electron chi connectivity index (χ1n) is 6.75. The Morgan fingerprint density at radius 2 is 1.81 bits per heavy atom. The molecule has 0 saturated carbocycles. The monoisotopic (exact) mass is 348 g/mol. The molecule has 2 rings (SSSR count). The van der Waals surface area contributed by atoms with Crippen molar-refractivity contribution in [1.29, 1.82) is 0 Å². The number of hydrogen-bond donors (Lipinski definition) is 0. The first-order valence-corrected chi connectivity index (χ1v) is 7.54. The Balaban J connectivity index is 2.17. The van der Waals surface area contributed by atoms with Crippen molar-refractivity contribution < 1.29 is 14.3 Å². The molecule has 0 fully saturated rings. The maximum atomic E-state index is 11.5. The highest BCUT2D eigenvalue weighted by Gasteiger charge is 2.08. The molecule has 0 aliphatic heterocycles. The molecule has 110 valence electrons. The van der Waals surface area contributed by atoms with E-state index in [1.54, 1.807) is 13.0 Å². The summed E-state index contributed by atoms with van der Waals surface area (Å²) in [5, 5.41) is 0. The van der Waals surface area contributed by atoms with E-state index >= 15 is 0 Å². The van der Waals surface area contributed by atoms with Crippen molar-refractivity contribution in [1.82, 2.24) is 0 Å². The molecule has 21 heavy (non-hydrogen) atoms. The van der Waals surface area contributed by atoms with Crippen molar-refractivity contribution in [3.8, 4) is 11.5 Å². The van der Waals surface area contributed by atoms with Gasteiger partial charge in [-0.1, -0.05) is 15.9 Å². The normalized spacial score (nSPS) is 10.2. The molecule has 0 bridgehead atoms. The molecule has 0 aliphatic carbocycles. The quantitative estimate of drug-likeness (QED) is 0.714. The van der Waals surface area contributed by atoms with Crippen LogP contribution in [0.1, 0.15) is 29.8 Å². The molecule has 0 amide bonds. The van der Waals surface area contributed by atoms with Gasteiger partial charge in [-0.15, -0.1) is 0 Å². The van der Waals surface area contributed by atoms with Crippen LogP contribution in [0.5, 0.6) is 11.5 Å². The number of rotatable bonds is 6. The number of ether oxygens (including phenoxy) is 2. The van der Waals surface area contributed by atoms with Crippen LogP contribution in [-0.2, 0) is 6.61 Å². The molecular formula is C17H17BrO3. The Morgan fingerprint density at radius 3 is 2.43 bits per heavy atom. The third-order valence-electron chi connectivity index (χ3n) is 2.97. The summed E-state index contributed by atoms with van der Waals surface area (Å²) in [6, 6.07) is 13.0. The Morgan fingerprint density at radius 1 is 1.10 bits per heavy atom. The van der Waals surface area contributed by atoms with Crippen LogP contribution in [0.2, 0.25) is 0 Å². The van der Waals surface area contributed by atoms with Gasteiger partial charge < -0.3 is 9.47 Å². The minimum atomic E-state index is 0.0305. The van der Waals surface area contributed by atoms with Crippen molar-refractivity contribution >= 4 is 21.7 Å². The van der Waals surface area contributed by atoms with Gasteiger partial charge in [-0.05, 0) is 56.3 Å². The molecule has 0 N–H and O–H groups in total. The van der Waals surface area contributed by atoms with E-state index < -0.39 is 0 Å². The highest BCUT2D eigenvalue weighted by atomic mass is 79.9. The number of carbonyl (C=O) groups is 1. The minimum absolute atomic E-state index is 0.0305. The van der Waals surface area contributed by atoms with E-state index in [1.807, 2.05) is 43.3 Å². The van der Waals surface area contributed by atoms with Gasteiger partial charge in [-0.25, -0.2) is 0 Å². The van der Waals surface area contributed by atoms with Crippen LogP contribution in [-0.4, -0.2) is 12.4 Å². The molecule has 0 spiro atoms. The molecule has 0 saturated heterocycles. The SMILES string of the molecule is CCOc1ccc(C(C)=O)cc1COc1ccc(Br)cc1. The Hall–Kier alpha value is -1.81. The molecule has 0 radical (unpaired) electrons. The third-order valence-corrected chi connectivity index (χ3v) is 3.50. The fourth-order valence-electron chi connectivity index (χ4n) is 1.90. The molecule has 2 aromatic carbocycles. The van der Waals surface area contributed by atoms with Crippen molar-refractivity contribution in [3.05, 3.63) is 58.1 Å². The number of hydrogen-bond acceptors (Lipinski definition) is 3. The summed E-state index contributed by atoms with van der Waals surface area (Å²) >= 11 is 3.39. The zero-order valence-corrected chi connectivity index (χ0v) is 13.6. The predicted octanol–water partition coefficient (Wildman–Crippen LogP) is 4.63. The molecule has 3 nitrogen and oxygen atoms in total. The highest BCUT2D eigenvalue weighted by molar-refractivity contribution is 9.10. The lowest BCUT2D eigenvalue weighted by molar-refractivity contribution is 0.101. The summed E-state index contributed by atoms with van der Waals surface area (Å²) in [6.45, 7) is 4.41. The number of carbonyl (C=O) groups excluding carboxylic acids is 1. The third kappa shape index (κ3) is 4.33. The molecule has 0 heterocycles. The van der Waals surface area contributed by atoms with Crippen molar-refractivity contribution in [2.75, 3.05) is 6.61 Å². The van der Waals surface area contributed by atoms with Crippen molar-refractivity contribution in [2.24, 2.45) is 0 Å². The Bertz CT molecular complexity index is 620. The van der Waals surface area contributed by atoms with Crippen LogP contribution in [0, 0.1) is 0 Å². The minimum Gasteiger partial charge on any atom is -0.493 e. The molecule has 0 atom stereocenters. The van der Waals surface area contributed by atoms with Gasteiger partial charge in [0, 0.05) is 15.6 Å². The van der Waals surface area contributed by atoms with Gasteiger partial charge >= 0.3 is 0 Å². The standard InChI is InChI=1S/C17H17BrO3/c1-3-20-17-9-4-13(12(2)19)10-14(17)11-21-16-7-5-15(18)6-8-16/h4-10H,3,11H2,1-2H3. The lowest BCUT2D eigenvalue weighted by Crippen LogP contribution is -2.03. The lowest BCUT2D eigenvalue weighted by atomic mass is 10.1. The van der Waals surface area contributed by atoms with E-state index in [2.05, 4.69) is 15.9 Å². The second-order valence-electron chi connectivity index (χ2n) is 4.55. The van der Waals surface area contributed by atoms with Crippen LogP contribution in [0.25, 0.3) is 0 Å². The van der Waals surface area contributed by atoms with Crippen molar-refractivity contribution in [2.45, 2.75) is 20.5 Å². The summed E-state index contributed by atoms with van der Waals surface area (Å²) in [6.07, 6.45) is 0. The Labute approximate surface area is 133 Å². The van der Waals surface area contributed by atoms with Crippen LogP contribution >= 0.6 is 15.9 Å². The zero-order valence-electron chi connectivity index (χ0n) is 12.1. The van der Waals surface area contributed by atoms with E-state index in [0.29, 0.717) is 18.8 Å². The van der Waals surface area contributed by atoms with Crippen molar-refractivity contribution in [3.63, 3.8) is 0 Å². The number of benzene rings is 2. The molecule has 0 unspecified atom stereocenters. The molecule has 2 aromatic rings. The number of halogens is 1. The topological polar surface area (TPSA) is 35.5 Å². The maximum Gasteiger partial charge on any atom is 0.159 e. The smallest absolute Gasteiger partial charge is 0.159 e. The molecule has 0 aliphatic rings. The van der Waals surface area contributed by atoms with Crippen LogP contribution in [0.15, 0.2) is 46.9 Å². The van der Waals surface area contributed by atoms with Crippen LogP contribution in [0.3, 0.4) is 0 Å². The highest BCUT2D eigenvalue weighted by Crippen LogP contribution is 2.23. The van der Waals surface area contributed by atoms with Gasteiger partial charge in [0.1, 0.15) is 18.1 Å². The predicted molar refractivity (Wildman–Crippen MR) is 86.1 cm³/mol. The number of ketones is 1. The molecule has 0 aromatic heterocycles. The Kier molecular flexibility index (Phi) is 5.39. The summed E-state index contributed by atoms with van der Waals surface area (Å²) < 4.78 is 12.3. The summed E-state index contributed by atoms with van der Waals surface area (Å²) in [4.78, 5) is 11.5. The summed E-state index contributed by atoms with van der Waals surface area (Å²) in [5.41, 5.74) is 1.53. The second-order valence-corrected chi connectivity index (χ2v) is 5.47. The van der Waals surface area contributed by atoms with Gasteiger partial charge in [0.2, 0.25) is 0 Å². The summed E-state index contributed by atoms with van der Waals surface area (Å²) in [5.74, 6) is 1.55. The largest absolute Gasteiger partial charge is 0.493 e. The lowest BCUT2D eigenvalue weighted by Gasteiger charge is -2.12. The van der Waals surface area contributed by atoms with E-state index in [9.17, 15) is 4.79 Å². The van der Waals surface area contributed by atoms with Gasteiger partial charge in [0.25, 0.3) is 0 Å². The molecule has 4 heteroatoms. The summed E-state index contributed by atoms with van der Waals surface area (Å²) in [7, 11) is 0. The fourth-order valence-corrected chi connectivity index (χ4v) is 2.16. The van der Waals surface area contributed by atoms with E-state index in [0.717, 1.165) is 21.5 Å². The number of Topliss-reactive ketones (excluding diaryl/α,β-unsaturated/α-hetero) is 1. The molecular weight excluding hydrogens is 332 g/mol. The maximum absolute atomic E-state index is 11.5. The van der Waals surface area contributed by atoms with Gasteiger partial charge in [0.05, 0.1) is 6.61 Å². The van der Waals surface area contributed by atoms with E-state index in [4.69, 9.17) is 9.47 Å². The zero-order chi connectivity index (χ0) is 15.2. The van der Waals surface area contributed by atoms with Gasteiger partial charge in [-0.2, -0.15) is 0 Å². The first kappa shape index (κ1) is 15.6. The fraction of sp³-hybridized carbons (Fsp3) is 0.235.